The van der Waals surface area contributed by atoms with E-state index >= 15 is 0 Å². The highest BCUT2D eigenvalue weighted by atomic mass is 35.5. The van der Waals surface area contributed by atoms with E-state index in [1.165, 1.54) is 11.1 Å². The largest absolute Gasteiger partial charge is 0.347 e. The molecule has 1 aromatic carbocycles. The third-order valence-electron chi connectivity index (χ3n) is 4.32. The van der Waals surface area contributed by atoms with Crippen LogP contribution in [0.2, 0.25) is 0 Å². The summed E-state index contributed by atoms with van der Waals surface area (Å²) in [7, 11) is 3.48. The number of nitrogens with zero attached hydrogens (tertiary/aromatic N) is 2. The van der Waals surface area contributed by atoms with Crippen molar-refractivity contribution in [3.8, 4) is 0 Å². The number of carbonyl (C=O) groups is 2. The molecule has 2 aliphatic rings. The van der Waals surface area contributed by atoms with Crippen LogP contribution in [-0.4, -0.2) is 48.3 Å². The van der Waals surface area contributed by atoms with E-state index in [1.54, 1.807) is 23.9 Å². The molecule has 0 bridgehead atoms. The molecule has 2 amide bonds. The zero-order chi connectivity index (χ0) is 15.0. The van der Waals surface area contributed by atoms with Gasteiger partial charge in [-0.2, -0.15) is 0 Å². The molecule has 1 atom stereocenters. The van der Waals surface area contributed by atoms with Gasteiger partial charge in [0, 0.05) is 39.3 Å². The maximum Gasteiger partial charge on any atom is 0.254 e. The minimum absolute atomic E-state index is 0. The molecule has 6 heteroatoms. The van der Waals surface area contributed by atoms with E-state index in [1.807, 2.05) is 18.2 Å². The molecule has 1 unspecified atom stereocenters. The van der Waals surface area contributed by atoms with Crippen LogP contribution in [0.1, 0.15) is 34.3 Å². The fourth-order valence-corrected chi connectivity index (χ4v) is 3.16. The predicted molar refractivity (Wildman–Crippen MR) is 87.0 cm³/mol. The molecule has 2 aliphatic heterocycles. The van der Waals surface area contributed by atoms with E-state index in [9.17, 15) is 9.59 Å². The average molecular weight is 324 g/mol. The second kappa shape index (κ2) is 6.67. The molecule has 22 heavy (non-hydrogen) atoms. The number of carbonyl (C=O) groups excluding carboxylic acids is 2. The third-order valence-corrected chi connectivity index (χ3v) is 4.32. The van der Waals surface area contributed by atoms with Gasteiger partial charge in [-0.1, -0.05) is 6.07 Å². The number of fused-ring (bicyclic) bond motifs is 1. The Morgan fingerprint density at radius 3 is 2.68 bits per heavy atom. The molecule has 1 fully saturated rings. The van der Waals surface area contributed by atoms with Crippen molar-refractivity contribution in [3.05, 3.63) is 34.9 Å². The van der Waals surface area contributed by atoms with E-state index in [4.69, 9.17) is 0 Å². The highest BCUT2D eigenvalue weighted by Crippen LogP contribution is 2.23. The molecular formula is C16H22ClN3O2. The SMILES string of the molecule is CN(C)C(=O)C1CCCN1C(=O)c1ccc2c(c1)CNC2.Cl. The zero-order valence-electron chi connectivity index (χ0n) is 13.0. The standard InChI is InChI=1S/C16H21N3O2.ClH/c1-18(2)16(21)14-4-3-7-19(14)15(20)11-5-6-12-9-17-10-13(12)8-11;/h5-6,8,14,17H,3-4,7,9-10H2,1-2H3;1H. The molecule has 1 aromatic rings. The van der Waals surface area contributed by atoms with Crippen molar-refractivity contribution in [2.24, 2.45) is 0 Å². The first kappa shape index (κ1) is 16.8. The number of nitrogens with one attached hydrogen (secondary N) is 1. The number of halogens is 1. The van der Waals surface area contributed by atoms with E-state index < -0.39 is 0 Å². The van der Waals surface area contributed by atoms with Gasteiger partial charge < -0.3 is 15.1 Å². The number of likely N-dealkylation sites (N-methyl/N-ethyl adjacent to an activating group) is 1. The van der Waals surface area contributed by atoms with Gasteiger partial charge in [-0.3, -0.25) is 9.59 Å². The van der Waals surface area contributed by atoms with Crippen molar-refractivity contribution >= 4 is 24.2 Å². The highest BCUT2D eigenvalue weighted by Gasteiger charge is 2.35. The normalized spacial score (nSPS) is 19.5. The van der Waals surface area contributed by atoms with Crippen LogP contribution in [0.15, 0.2) is 18.2 Å². The molecule has 1 saturated heterocycles. The van der Waals surface area contributed by atoms with Crippen LogP contribution in [0.5, 0.6) is 0 Å². The molecule has 0 aliphatic carbocycles. The topological polar surface area (TPSA) is 52.7 Å². The first-order valence-corrected chi connectivity index (χ1v) is 7.42. The number of hydrogen-bond acceptors (Lipinski definition) is 3. The van der Waals surface area contributed by atoms with Crippen LogP contribution in [0.25, 0.3) is 0 Å². The van der Waals surface area contributed by atoms with Crippen LogP contribution >= 0.6 is 12.4 Å². The lowest BCUT2D eigenvalue weighted by Gasteiger charge is -2.26. The number of hydrogen-bond donors (Lipinski definition) is 1. The van der Waals surface area contributed by atoms with Crippen molar-refractivity contribution in [1.29, 1.82) is 0 Å². The molecular weight excluding hydrogens is 302 g/mol. The molecule has 2 heterocycles. The van der Waals surface area contributed by atoms with Crippen LogP contribution in [0, 0.1) is 0 Å². The maximum atomic E-state index is 12.7. The summed E-state index contributed by atoms with van der Waals surface area (Å²) in [6, 6.07) is 5.55. The van der Waals surface area contributed by atoms with Crippen LogP contribution in [-0.2, 0) is 17.9 Å². The van der Waals surface area contributed by atoms with Crippen molar-refractivity contribution in [2.75, 3.05) is 20.6 Å². The van der Waals surface area contributed by atoms with Gasteiger partial charge in [-0.05, 0) is 36.1 Å². The average Bonchev–Trinajstić information content (AvgIpc) is 3.13. The smallest absolute Gasteiger partial charge is 0.254 e. The van der Waals surface area contributed by atoms with Crippen molar-refractivity contribution in [3.63, 3.8) is 0 Å². The maximum absolute atomic E-state index is 12.7. The van der Waals surface area contributed by atoms with E-state index in [0.717, 1.165) is 25.9 Å². The summed E-state index contributed by atoms with van der Waals surface area (Å²) in [6.07, 6.45) is 1.65. The minimum atomic E-state index is -0.307. The summed E-state index contributed by atoms with van der Waals surface area (Å²) in [4.78, 5) is 28.2. The lowest BCUT2D eigenvalue weighted by molar-refractivity contribution is -0.132. The number of amides is 2. The van der Waals surface area contributed by atoms with Gasteiger partial charge in [0.05, 0.1) is 0 Å². The molecule has 0 aromatic heterocycles. The Bertz CT molecular complexity index is 589. The summed E-state index contributed by atoms with van der Waals surface area (Å²) >= 11 is 0. The van der Waals surface area contributed by atoms with Gasteiger partial charge in [-0.25, -0.2) is 0 Å². The van der Waals surface area contributed by atoms with Crippen LogP contribution < -0.4 is 5.32 Å². The Morgan fingerprint density at radius 1 is 1.23 bits per heavy atom. The minimum Gasteiger partial charge on any atom is -0.347 e. The highest BCUT2D eigenvalue weighted by molar-refractivity contribution is 5.98. The predicted octanol–water partition coefficient (Wildman–Crippen LogP) is 1.40. The van der Waals surface area contributed by atoms with Gasteiger partial charge in [0.2, 0.25) is 5.91 Å². The van der Waals surface area contributed by atoms with Gasteiger partial charge in [0.1, 0.15) is 6.04 Å². The van der Waals surface area contributed by atoms with Crippen LogP contribution in [0.3, 0.4) is 0 Å². The van der Waals surface area contributed by atoms with Crippen molar-refractivity contribution in [2.45, 2.75) is 32.0 Å². The zero-order valence-corrected chi connectivity index (χ0v) is 13.8. The molecule has 5 nitrogen and oxygen atoms in total. The summed E-state index contributed by atoms with van der Waals surface area (Å²) < 4.78 is 0. The monoisotopic (exact) mass is 323 g/mol. The molecule has 0 radical (unpaired) electrons. The van der Waals surface area contributed by atoms with Gasteiger partial charge in [0.15, 0.2) is 0 Å². The summed E-state index contributed by atoms with van der Waals surface area (Å²) in [5.74, 6) is -0.00826. The van der Waals surface area contributed by atoms with Crippen molar-refractivity contribution < 1.29 is 9.59 Å². The Balaban J connectivity index is 0.00000176. The Morgan fingerprint density at radius 2 is 1.95 bits per heavy atom. The number of benzene rings is 1. The summed E-state index contributed by atoms with van der Waals surface area (Å²) in [5, 5.41) is 3.28. The Kier molecular flexibility index (Phi) is 5.08. The van der Waals surface area contributed by atoms with Gasteiger partial charge >= 0.3 is 0 Å². The third kappa shape index (κ3) is 2.96. The van der Waals surface area contributed by atoms with E-state index in [0.29, 0.717) is 12.1 Å². The van der Waals surface area contributed by atoms with Gasteiger partial charge in [-0.15, -0.1) is 12.4 Å². The van der Waals surface area contributed by atoms with E-state index in [-0.39, 0.29) is 30.3 Å². The Labute approximate surface area is 137 Å². The molecule has 120 valence electrons. The quantitative estimate of drug-likeness (QED) is 0.895. The first-order chi connectivity index (χ1) is 10.1. The number of rotatable bonds is 2. The lowest BCUT2D eigenvalue weighted by atomic mass is 10.1. The van der Waals surface area contributed by atoms with Gasteiger partial charge in [0.25, 0.3) is 5.91 Å². The molecule has 1 N–H and O–H groups in total. The second-order valence-corrected chi connectivity index (χ2v) is 5.98. The summed E-state index contributed by atoms with van der Waals surface area (Å²) in [6.45, 7) is 2.35. The second-order valence-electron chi connectivity index (χ2n) is 5.98. The lowest BCUT2D eigenvalue weighted by Crippen LogP contribution is -2.45. The Hall–Kier alpha value is -1.59. The van der Waals surface area contributed by atoms with Crippen molar-refractivity contribution in [1.82, 2.24) is 15.1 Å². The summed E-state index contributed by atoms with van der Waals surface area (Å²) in [5.41, 5.74) is 3.14. The van der Waals surface area contributed by atoms with Crippen LogP contribution in [0.4, 0.5) is 0 Å². The molecule has 0 saturated carbocycles. The fraction of sp³-hybridized carbons (Fsp3) is 0.500. The first-order valence-electron chi connectivity index (χ1n) is 7.42. The molecule has 0 spiro atoms. The van der Waals surface area contributed by atoms with E-state index in [2.05, 4.69) is 5.32 Å². The molecule has 3 rings (SSSR count). The number of likely N-dealkylation sites (tertiary alicyclic amines) is 1. The fourth-order valence-electron chi connectivity index (χ4n) is 3.16.